The van der Waals surface area contributed by atoms with Gasteiger partial charge in [-0.2, -0.15) is 0 Å². The highest BCUT2D eigenvalue weighted by Crippen LogP contribution is 2.42. The predicted molar refractivity (Wildman–Crippen MR) is 284 cm³/mol. The number of carbonyl (C=O) groups is 1. The number of hydrogen-bond donors (Lipinski definition) is 0. The minimum absolute atomic E-state index is 0.0233. The topological polar surface area (TPSA) is 90.9 Å². The number of carbonyl (C=O) groups excluding carboxylic acids is 1. The molecule has 0 N–H and O–H groups in total. The van der Waals surface area contributed by atoms with E-state index in [9.17, 15) is 4.79 Å². The van der Waals surface area contributed by atoms with Gasteiger partial charge in [0.05, 0.1) is 25.4 Å². The van der Waals surface area contributed by atoms with Gasteiger partial charge in [-0.1, -0.05) is 166 Å². The van der Waals surface area contributed by atoms with Crippen LogP contribution in [0.15, 0.2) is 91.0 Å². The van der Waals surface area contributed by atoms with Gasteiger partial charge >= 0.3 is 5.97 Å². The fourth-order valence-electron chi connectivity index (χ4n) is 8.07. The van der Waals surface area contributed by atoms with Crippen molar-refractivity contribution < 1.29 is 42.1 Å². The van der Waals surface area contributed by atoms with Crippen LogP contribution in [0.1, 0.15) is 111 Å². The molecule has 9 nitrogen and oxygen atoms in total. The van der Waals surface area contributed by atoms with Crippen molar-refractivity contribution in [2.45, 2.75) is 174 Å². The number of hydrogen-bond acceptors (Lipinski definition) is 9. The lowest BCUT2D eigenvalue weighted by molar-refractivity contribution is -0.151. The number of methoxy groups -OCH3 is 1. The maximum absolute atomic E-state index is 14.0. The molecule has 0 spiro atoms. The Balaban J connectivity index is 1.75. The van der Waals surface area contributed by atoms with Crippen molar-refractivity contribution in [1.82, 2.24) is 0 Å². The van der Waals surface area contributed by atoms with Crippen molar-refractivity contribution >= 4 is 47.1 Å². The monoisotopic (exact) mass is 975 g/mol. The van der Waals surface area contributed by atoms with Crippen LogP contribution in [0.4, 0.5) is 0 Å². The van der Waals surface area contributed by atoms with Crippen LogP contribution in [0.5, 0.6) is 11.5 Å². The number of ether oxygens (including phenoxy) is 6. The van der Waals surface area contributed by atoms with Gasteiger partial charge in [-0.3, -0.25) is 0 Å². The first kappa shape index (κ1) is 56.2. The van der Waals surface area contributed by atoms with E-state index in [-0.39, 0.29) is 35.0 Å². The van der Waals surface area contributed by atoms with Crippen LogP contribution in [0, 0.1) is 5.92 Å². The minimum atomic E-state index is -2.80. The summed E-state index contributed by atoms with van der Waals surface area (Å²) in [5, 5.41) is 2.30. The third-order valence-corrected chi connectivity index (χ3v) is 24.4. The van der Waals surface area contributed by atoms with E-state index in [1.165, 1.54) is 10.4 Å². The van der Waals surface area contributed by atoms with Crippen LogP contribution < -0.4 is 19.8 Å². The average molecular weight is 976 g/mol. The Hall–Kier alpha value is -3.34. The molecule has 1 unspecified atom stereocenters. The van der Waals surface area contributed by atoms with E-state index in [0.717, 1.165) is 18.9 Å². The summed E-state index contributed by atoms with van der Waals surface area (Å²) in [5.41, 5.74) is 0.902. The molecular formula is C55H86O9Si3. The Bertz CT molecular complexity index is 2010. The van der Waals surface area contributed by atoms with E-state index in [4.69, 9.17) is 37.3 Å². The lowest BCUT2D eigenvalue weighted by Gasteiger charge is -2.45. The summed E-state index contributed by atoms with van der Waals surface area (Å²) < 4.78 is 52.0. The second kappa shape index (κ2) is 24.0. The van der Waals surface area contributed by atoms with Gasteiger partial charge < -0.3 is 37.3 Å². The van der Waals surface area contributed by atoms with Crippen LogP contribution in [-0.4, -0.2) is 88.0 Å². The average Bonchev–Trinajstić information content (AvgIpc) is 3.56. The number of rotatable bonds is 24. The van der Waals surface area contributed by atoms with E-state index < -0.39 is 48.7 Å². The molecule has 12 heteroatoms. The van der Waals surface area contributed by atoms with Crippen LogP contribution in [-0.2, 0) is 27.8 Å². The molecule has 0 aliphatic carbocycles. The molecule has 3 aromatic carbocycles. The number of esters is 1. The maximum atomic E-state index is 14.0. The standard InChI is InChI=1S/C55H86O9Si3/c1-18-19-37-58-46-35-36-47(60-40-57-12)50(52(56)59-38-39-65(13,14)15)45(46)31-26-32-48-51(62-55(10,11)61-48)49(64-66(16,17)53(4,5)6)34-33-41(2)42(3)63-67(54(7,8)9,43-27-22-20-23-28-43)44-29-24-21-25-30-44/h20-31,33-36,41-42,48-49,51H,18-19,32,37-40H2,1-17H3/b31-26+,34-33-/t41-,42+,48+,49?,51-/m0/s1. The highest BCUT2D eigenvalue weighted by molar-refractivity contribution is 6.99. The van der Waals surface area contributed by atoms with Gasteiger partial charge in [0.15, 0.2) is 20.9 Å². The summed E-state index contributed by atoms with van der Waals surface area (Å²) in [5.74, 6) is -0.344. The van der Waals surface area contributed by atoms with E-state index in [2.05, 4.69) is 168 Å². The lowest BCUT2D eigenvalue weighted by Crippen LogP contribution is -2.67. The van der Waals surface area contributed by atoms with Crippen molar-refractivity contribution in [3.8, 4) is 11.5 Å². The Morgan fingerprint density at radius 2 is 1.37 bits per heavy atom. The summed E-state index contributed by atoms with van der Waals surface area (Å²) in [6.45, 7) is 36.4. The smallest absolute Gasteiger partial charge is 0.342 e. The van der Waals surface area contributed by atoms with E-state index in [1.807, 2.05) is 32.1 Å². The van der Waals surface area contributed by atoms with Crippen molar-refractivity contribution in [3.05, 3.63) is 102 Å². The normalized spacial score (nSPS) is 18.6. The Labute approximate surface area is 408 Å². The molecule has 372 valence electrons. The van der Waals surface area contributed by atoms with Crippen molar-refractivity contribution in [1.29, 1.82) is 0 Å². The largest absolute Gasteiger partial charge is 0.493 e. The van der Waals surface area contributed by atoms with Crippen LogP contribution >= 0.6 is 0 Å². The summed E-state index contributed by atoms with van der Waals surface area (Å²) in [4.78, 5) is 14.0. The molecule has 1 aliphatic rings. The predicted octanol–water partition coefficient (Wildman–Crippen LogP) is 12.8. The molecule has 0 amide bonds. The van der Waals surface area contributed by atoms with Gasteiger partial charge in [0, 0.05) is 26.9 Å². The molecular weight excluding hydrogens is 889 g/mol. The zero-order valence-electron chi connectivity index (χ0n) is 44.2. The van der Waals surface area contributed by atoms with Gasteiger partial charge in [0.25, 0.3) is 8.32 Å². The Morgan fingerprint density at radius 3 is 1.91 bits per heavy atom. The van der Waals surface area contributed by atoms with E-state index in [0.29, 0.717) is 42.3 Å². The van der Waals surface area contributed by atoms with Crippen LogP contribution in [0.3, 0.4) is 0 Å². The van der Waals surface area contributed by atoms with Crippen LogP contribution in [0.25, 0.3) is 6.08 Å². The first-order valence-corrected chi connectivity index (χ1v) is 33.0. The number of benzene rings is 3. The van der Waals surface area contributed by atoms with E-state index >= 15 is 0 Å². The first-order chi connectivity index (χ1) is 31.3. The zero-order chi connectivity index (χ0) is 49.8. The third-order valence-electron chi connectivity index (χ3n) is 13.1. The molecule has 1 fully saturated rings. The molecule has 5 atom stereocenters. The van der Waals surface area contributed by atoms with Crippen molar-refractivity contribution in [2.75, 3.05) is 27.1 Å². The molecule has 0 radical (unpaired) electrons. The molecule has 1 aliphatic heterocycles. The fraction of sp³-hybridized carbons (Fsp3) is 0.582. The molecule has 0 bridgehead atoms. The SMILES string of the molecule is CCCCOc1ccc(OCOC)c(C(=O)OCC[Si](C)(C)C)c1/C=C/C[C@H]1OC(C)(C)O[C@@H]1C(/C=C\[C@H](C)[C@@H](C)O[Si](c1ccccc1)(c1ccccc1)C(C)(C)C)O[Si](C)(C)C(C)(C)C. The van der Waals surface area contributed by atoms with Gasteiger partial charge in [-0.05, 0) is 91.3 Å². The first-order valence-electron chi connectivity index (χ1n) is 24.5. The zero-order valence-corrected chi connectivity index (χ0v) is 47.2. The van der Waals surface area contributed by atoms with Crippen LogP contribution in [0.2, 0.25) is 48.9 Å². The van der Waals surface area contributed by atoms with E-state index in [1.54, 1.807) is 13.2 Å². The highest BCUT2D eigenvalue weighted by Gasteiger charge is 2.52. The third kappa shape index (κ3) is 15.3. The fourth-order valence-corrected chi connectivity index (χ4v) is 14.8. The van der Waals surface area contributed by atoms with Crippen molar-refractivity contribution in [3.63, 3.8) is 0 Å². The second-order valence-electron chi connectivity index (χ2n) is 22.4. The molecule has 67 heavy (non-hydrogen) atoms. The molecule has 3 aromatic rings. The van der Waals surface area contributed by atoms with Gasteiger partial charge in [0.1, 0.15) is 23.2 Å². The molecule has 1 heterocycles. The highest BCUT2D eigenvalue weighted by atomic mass is 28.4. The van der Waals surface area contributed by atoms with Gasteiger partial charge in [-0.15, -0.1) is 0 Å². The summed E-state index contributed by atoms with van der Waals surface area (Å²) in [6.07, 6.45) is 9.40. The maximum Gasteiger partial charge on any atom is 0.342 e. The summed E-state index contributed by atoms with van der Waals surface area (Å²) in [6, 6.07) is 26.1. The molecule has 0 saturated carbocycles. The quantitative estimate of drug-likeness (QED) is 0.0286. The van der Waals surface area contributed by atoms with Gasteiger partial charge in [-0.25, -0.2) is 4.79 Å². The minimum Gasteiger partial charge on any atom is -0.493 e. The second-order valence-corrected chi connectivity index (χ2v) is 37.0. The Morgan fingerprint density at radius 1 is 0.776 bits per heavy atom. The molecule has 1 saturated heterocycles. The Kier molecular flexibility index (Phi) is 20.1. The van der Waals surface area contributed by atoms with Gasteiger partial charge in [0.2, 0.25) is 0 Å². The molecule has 4 rings (SSSR count). The summed E-state index contributed by atoms with van der Waals surface area (Å²) >= 11 is 0. The van der Waals surface area contributed by atoms with Crippen molar-refractivity contribution in [2.24, 2.45) is 5.92 Å². The lowest BCUT2D eigenvalue weighted by atomic mass is 9.99. The molecule has 0 aromatic heterocycles. The number of unbranched alkanes of at least 4 members (excludes halogenated alkanes) is 1. The summed E-state index contributed by atoms with van der Waals surface area (Å²) in [7, 11) is -5.06.